The second-order valence-corrected chi connectivity index (χ2v) is 5.84. The first-order valence-electron chi connectivity index (χ1n) is 8.37. The van der Waals surface area contributed by atoms with Crippen molar-refractivity contribution in [1.82, 2.24) is 15.5 Å². The molecular weight excluding hydrogens is 318 g/mol. The molecule has 2 N–H and O–H groups in total. The number of carbonyl (C=O) groups excluding carboxylic acids is 2. The topological polar surface area (TPSA) is 87.2 Å². The van der Waals surface area contributed by atoms with Crippen molar-refractivity contribution in [2.24, 2.45) is 0 Å². The molecule has 1 aliphatic rings. The highest BCUT2D eigenvalue weighted by Gasteiger charge is 2.23. The van der Waals surface area contributed by atoms with Gasteiger partial charge in [0.2, 0.25) is 5.91 Å². The smallest absolute Gasteiger partial charge is 0.271 e. The summed E-state index contributed by atoms with van der Waals surface area (Å²) in [5, 5.41) is 13.4. The number of rotatable bonds is 6. The fourth-order valence-corrected chi connectivity index (χ4v) is 2.86. The molecule has 0 aliphatic carbocycles. The number of benzene rings is 1. The zero-order valence-corrected chi connectivity index (χ0v) is 14.2. The van der Waals surface area contributed by atoms with E-state index in [0.717, 1.165) is 18.7 Å². The lowest BCUT2D eigenvalue weighted by atomic mass is 10.2. The molecule has 2 heterocycles. The predicted molar refractivity (Wildman–Crippen MR) is 95.6 cm³/mol. The van der Waals surface area contributed by atoms with Gasteiger partial charge in [-0.2, -0.15) is 0 Å². The zero-order valence-electron chi connectivity index (χ0n) is 14.2. The fourth-order valence-electron chi connectivity index (χ4n) is 2.86. The summed E-state index contributed by atoms with van der Waals surface area (Å²) in [4.78, 5) is 25.7. The van der Waals surface area contributed by atoms with Crippen LogP contribution in [0, 0.1) is 0 Å². The molecule has 1 aromatic carbocycles. The maximum Gasteiger partial charge on any atom is 0.271 e. The highest BCUT2D eigenvalue weighted by Crippen LogP contribution is 2.27. The van der Waals surface area contributed by atoms with Crippen molar-refractivity contribution in [3.05, 3.63) is 47.7 Å². The second kappa shape index (κ2) is 7.74. The molecule has 0 unspecified atom stereocenters. The molecule has 3 rings (SSSR count). The number of hydrogen-bond acceptors (Lipinski definition) is 5. The first kappa shape index (κ1) is 16.9. The molecule has 7 heteroatoms. The van der Waals surface area contributed by atoms with Gasteiger partial charge in [-0.1, -0.05) is 18.2 Å². The molecule has 130 valence electrons. The van der Waals surface area contributed by atoms with Gasteiger partial charge < -0.3 is 15.5 Å². The van der Waals surface area contributed by atoms with E-state index < -0.39 is 0 Å². The van der Waals surface area contributed by atoms with E-state index in [1.54, 1.807) is 19.2 Å². The summed E-state index contributed by atoms with van der Waals surface area (Å²) in [5.41, 5.74) is 2.55. The van der Waals surface area contributed by atoms with Gasteiger partial charge in [0, 0.05) is 32.2 Å². The minimum absolute atomic E-state index is 0.146. The van der Waals surface area contributed by atoms with Crippen LogP contribution in [0.1, 0.15) is 28.9 Å². The molecule has 7 nitrogen and oxygen atoms in total. The predicted octanol–water partition coefficient (Wildman–Crippen LogP) is 1.62. The number of para-hydroxylation sites is 1. The summed E-state index contributed by atoms with van der Waals surface area (Å²) in [6.45, 7) is 1.38. The fraction of sp³-hybridized carbons (Fsp3) is 0.333. The molecule has 0 fully saturated rings. The van der Waals surface area contributed by atoms with Crippen LogP contribution in [0.5, 0.6) is 0 Å². The molecule has 2 amide bonds. The van der Waals surface area contributed by atoms with Gasteiger partial charge in [-0.3, -0.25) is 9.59 Å². The third-order valence-corrected chi connectivity index (χ3v) is 4.19. The summed E-state index contributed by atoms with van der Waals surface area (Å²) < 4.78 is 0. The maximum absolute atomic E-state index is 12.4. The van der Waals surface area contributed by atoms with Crippen molar-refractivity contribution in [3.63, 3.8) is 0 Å². The van der Waals surface area contributed by atoms with Gasteiger partial charge in [0.15, 0.2) is 5.69 Å². The Morgan fingerprint density at radius 2 is 2.00 bits per heavy atom. The average Bonchev–Trinajstić information content (AvgIpc) is 3.09. The van der Waals surface area contributed by atoms with E-state index in [4.69, 9.17) is 0 Å². The van der Waals surface area contributed by atoms with Crippen molar-refractivity contribution < 1.29 is 9.59 Å². The van der Waals surface area contributed by atoms with Crippen LogP contribution >= 0.6 is 0 Å². The normalized spacial score (nSPS) is 12.6. The lowest BCUT2D eigenvalue weighted by Gasteiger charge is -2.17. The van der Waals surface area contributed by atoms with Gasteiger partial charge in [-0.15, -0.1) is 10.2 Å². The van der Waals surface area contributed by atoms with E-state index in [1.807, 2.05) is 23.1 Å². The number of carbonyl (C=O) groups is 2. The summed E-state index contributed by atoms with van der Waals surface area (Å²) >= 11 is 0. The summed E-state index contributed by atoms with van der Waals surface area (Å²) in [5.74, 6) is 0.468. The van der Waals surface area contributed by atoms with Crippen molar-refractivity contribution in [2.75, 3.05) is 30.4 Å². The standard InChI is InChI=1S/C18H21N5O2/c1-19-18(25)14-8-9-16(22-21-14)20-11-4-7-17(24)23-12-10-13-5-2-3-6-15(13)23/h2-3,5-6,8-9H,4,7,10-12H2,1H3,(H,19,25)(H,20,22). The SMILES string of the molecule is CNC(=O)c1ccc(NCCCC(=O)N2CCc3ccccc32)nn1. The summed E-state index contributed by atoms with van der Waals surface area (Å²) in [7, 11) is 1.55. The Labute approximate surface area is 146 Å². The Bertz CT molecular complexity index is 760. The number of amides is 2. The summed E-state index contributed by atoms with van der Waals surface area (Å²) in [6.07, 6.45) is 2.11. The molecular formula is C18H21N5O2. The quantitative estimate of drug-likeness (QED) is 0.781. The van der Waals surface area contributed by atoms with Crippen molar-refractivity contribution in [2.45, 2.75) is 19.3 Å². The number of hydrogen-bond donors (Lipinski definition) is 2. The number of aromatic nitrogens is 2. The molecule has 0 atom stereocenters. The number of anilines is 2. The van der Waals surface area contributed by atoms with Crippen molar-refractivity contribution >= 4 is 23.3 Å². The monoisotopic (exact) mass is 339 g/mol. The van der Waals surface area contributed by atoms with Crippen LogP contribution in [0.2, 0.25) is 0 Å². The molecule has 25 heavy (non-hydrogen) atoms. The highest BCUT2D eigenvalue weighted by atomic mass is 16.2. The third-order valence-electron chi connectivity index (χ3n) is 4.19. The first-order chi connectivity index (χ1) is 12.2. The van der Waals surface area contributed by atoms with Crippen LogP contribution in [-0.4, -0.2) is 42.1 Å². The van der Waals surface area contributed by atoms with Crippen LogP contribution in [0.25, 0.3) is 0 Å². The number of fused-ring (bicyclic) bond motifs is 1. The van der Waals surface area contributed by atoms with E-state index in [-0.39, 0.29) is 17.5 Å². The highest BCUT2D eigenvalue weighted by molar-refractivity contribution is 5.95. The van der Waals surface area contributed by atoms with Gasteiger partial charge in [0.05, 0.1) is 0 Å². The molecule has 1 aromatic heterocycles. The third kappa shape index (κ3) is 3.93. The summed E-state index contributed by atoms with van der Waals surface area (Å²) in [6, 6.07) is 11.4. The Kier molecular flexibility index (Phi) is 5.23. The molecule has 0 saturated heterocycles. The van der Waals surface area contributed by atoms with Crippen LogP contribution < -0.4 is 15.5 Å². The van der Waals surface area contributed by atoms with E-state index in [1.165, 1.54) is 5.56 Å². The van der Waals surface area contributed by atoms with Gasteiger partial charge in [-0.25, -0.2) is 0 Å². The van der Waals surface area contributed by atoms with Gasteiger partial charge in [0.1, 0.15) is 5.82 Å². The molecule has 0 radical (unpaired) electrons. The van der Waals surface area contributed by atoms with E-state index in [9.17, 15) is 9.59 Å². The van der Waals surface area contributed by atoms with E-state index in [0.29, 0.717) is 25.2 Å². The Balaban J connectivity index is 1.44. The van der Waals surface area contributed by atoms with Crippen LogP contribution in [0.4, 0.5) is 11.5 Å². The average molecular weight is 339 g/mol. The molecule has 0 saturated carbocycles. The number of nitrogens with one attached hydrogen (secondary N) is 2. The molecule has 1 aliphatic heterocycles. The largest absolute Gasteiger partial charge is 0.369 e. The van der Waals surface area contributed by atoms with Gasteiger partial charge >= 0.3 is 0 Å². The van der Waals surface area contributed by atoms with Crippen LogP contribution in [0.15, 0.2) is 36.4 Å². The van der Waals surface area contributed by atoms with Crippen molar-refractivity contribution in [1.29, 1.82) is 0 Å². The Morgan fingerprint density at radius 3 is 2.76 bits per heavy atom. The van der Waals surface area contributed by atoms with Gasteiger partial charge in [0.25, 0.3) is 5.91 Å². The van der Waals surface area contributed by atoms with Gasteiger partial charge in [-0.05, 0) is 36.6 Å². The van der Waals surface area contributed by atoms with Crippen molar-refractivity contribution in [3.8, 4) is 0 Å². The maximum atomic E-state index is 12.4. The molecule has 0 spiro atoms. The van der Waals surface area contributed by atoms with E-state index in [2.05, 4.69) is 26.9 Å². The minimum Gasteiger partial charge on any atom is -0.369 e. The lowest BCUT2D eigenvalue weighted by Crippen LogP contribution is -2.29. The Morgan fingerprint density at radius 1 is 1.16 bits per heavy atom. The zero-order chi connectivity index (χ0) is 17.6. The second-order valence-electron chi connectivity index (χ2n) is 5.84. The van der Waals surface area contributed by atoms with E-state index >= 15 is 0 Å². The number of nitrogens with zero attached hydrogens (tertiary/aromatic N) is 3. The first-order valence-corrected chi connectivity index (χ1v) is 8.37. The van der Waals surface area contributed by atoms with Crippen LogP contribution in [0.3, 0.4) is 0 Å². The lowest BCUT2D eigenvalue weighted by molar-refractivity contribution is -0.118. The van der Waals surface area contributed by atoms with Crippen LogP contribution in [-0.2, 0) is 11.2 Å². The molecule has 2 aromatic rings. The Hall–Kier alpha value is -2.96. The molecule has 0 bridgehead atoms. The minimum atomic E-state index is -0.268.